The summed E-state index contributed by atoms with van der Waals surface area (Å²) in [6.07, 6.45) is 14.2. The molecule has 13 heavy (non-hydrogen) atoms. The van der Waals surface area contributed by atoms with E-state index in [1.165, 1.54) is 12.8 Å². The number of hydrogen-bond donors (Lipinski definition) is 0. The van der Waals surface area contributed by atoms with Crippen LogP contribution in [0.3, 0.4) is 0 Å². The first-order valence-corrected chi connectivity index (χ1v) is 5.33. The Hall–Kier alpha value is -0.780. The molecule has 0 saturated heterocycles. The van der Waals surface area contributed by atoms with Crippen molar-refractivity contribution >= 4 is 0 Å². The van der Waals surface area contributed by atoms with E-state index in [9.17, 15) is 0 Å². The Kier molecular flexibility index (Phi) is 2.39. The van der Waals surface area contributed by atoms with Crippen LogP contribution in [0.4, 0.5) is 0 Å². The SMILES string of the molecule is CC(C)C1=CC2C=CC=CC2CC1. The Balaban J connectivity index is 2.17. The van der Waals surface area contributed by atoms with Gasteiger partial charge in [-0.25, -0.2) is 0 Å². The highest BCUT2D eigenvalue weighted by molar-refractivity contribution is 5.24. The van der Waals surface area contributed by atoms with Crippen LogP contribution in [0, 0.1) is 17.8 Å². The summed E-state index contributed by atoms with van der Waals surface area (Å²) in [6.45, 7) is 4.60. The average molecular weight is 174 g/mol. The Bertz CT molecular complexity index is 266. The maximum Gasteiger partial charge on any atom is 0.00155 e. The summed E-state index contributed by atoms with van der Waals surface area (Å²) < 4.78 is 0. The molecule has 0 amide bonds. The van der Waals surface area contributed by atoms with E-state index in [-0.39, 0.29) is 0 Å². The van der Waals surface area contributed by atoms with Crippen LogP contribution in [-0.4, -0.2) is 0 Å². The molecule has 0 saturated carbocycles. The summed E-state index contributed by atoms with van der Waals surface area (Å²) in [5.74, 6) is 2.21. The van der Waals surface area contributed by atoms with Crippen molar-refractivity contribution in [3.05, 3.63) is 36.0 Å². The summed E-state index contributed by atoms with van der Waals surface area (Å²) in [4.78, 5) is 0. The van der Waals surface area contributed by atoms with Crippen molar-refractivity contribution in [3.63, 3.8) is 0 Å². The minimum Gasteiger partial charge on any atom is -0.0805 e. The maximum absolute atomic E-state index is 2.48. The zero-order valence-electron chi connectivity index (χ0n) is 8.53. The Morgan fingerprint density at radius 2 is 2.00 bits per heavy atom. The molecular formula is C13H18. The third-order valence-corrected chi connectivity index (χ3v) is 3.21. The highest BCUT2D eigenvalue weighted by Crippen LogP contribution is 2.35. The molecule has 0 bridgehead atoms. The Morgan fingerprint density at radius 3 is 2.77 bits per heavy atom. The minimum atomic E-state index is 0.691. The van der Waals surface area contributed by atoms with Crippen molar-refractivity contribution in [2.24, 2.45) is 17.8 Å². The fourth-order valence-corrected chi connectivity index (χ4v) is 2.28. The quantitative estimate of drug-likeness (QED) is 0.531. The standard InChI is InChI=1S/C13H18/c1-10(2)12-8-7-11-5-3-4-6-13(11)9-12/h3-6,9-11,13H,7-8H2,1-2H3. The van der Waals surface area contributed by atoms with Crippen LogP contribution in [0.1, 0.15) is 26.7 Å². The van der Waals surface area contributed by atoms with Crippen molar-refractivity contribution in [1.82, 2.24) is 0 Å². The first kappa shape index (κ1) is 8.80. The molecule has 2 aliphatic rings. The second-order valence-corrected chi connectivity index (χ2v) is 4.45. The zero-order valence-corrected chi connectivity index (χ0v) is 8.53. The lowest BCUT2D eigenvalue weighted by molar-refractivity contribution is 0.459. The second-order valence-electron chi connectivity index (χ2n) is 4.45. The van der Waals surface area contributed by atoms with Crippen molar-refractivity contribution in [3.8, 4) is 0 Å². The minimum absolute atomic E-state index is 0.691. The van der Waals surface area contributed by atoms with Crippen LogP contribution in [0.2, 0.25) is 0 Å². The van der Waals surface area contributed by atoms with Gasteiger partial charge in [0.25, 0.3) is 0 Å². The van der Waals surface area contributed by atoms with Gasteiger partial charge >= 0.3 is 0 Å². The third-order valence-electron chi connectivity index (χ3n) is 3.21. The molecule has 0 heteroatoms. The van der Waals surface area contributed by atoms with E-state index in [0.717, 1.165) is 11.8 Å². The monoisotopic (exact) mass is 174 g/mol. The summed E-state index contributed by atoms with van der Waals surface area (Å²) >= 11 is 0. The first-order chi connectivity index (χ1) is 6.27. The highest BCUT2D eigenvalue weighted by Gasteiger charge is 2.22. The fourth-order valence-electron chi connectivity index (χ4n) is 2.28. The summed E-state index contributed by atoms with van der Waals surface area (Å²) in [5.41, 5.74) is 1.65. The van der Waals surface area contributed by atoms with Crippen LogP contribution in [0.25, 0.3) is 0 Å². The molecular weight excluding hydrogens is 156 g/mol. The van der Waals surface area contributed by atoms with E-state index in [2.05, 4.69) is 44.2 Å². The molecule has 0 spiro atoms. The average Bonchev–Trinajstić information content (AvgIpc) is 2.17. The van der Waals surface area contributed by atoms with E-state index in [1.54, 1.807) is 5.57 Å². The lowest BCUT2D eigenvalue weighted by atomic mass is 9.76. The lowest BCUT2D eigenvalue weighted by Crippen LogP contribution is -2.17. The molecule has 2 aliphatic carbocycles. The zero-order chi connectivity index (χ0) is 9.26. The third kappa shape index (κ3) is 1.77. The van der Waals surface area contributed by atoms with Gasteiger partial charge in [0.05, 0.1) is 0 Å². The molecule has 2 unspecified atom stereocenters. The normalized spacial score (nSPS) is 31.8. The van der Waals surface area contributed by atoms with Crippen LogP contribution in [0.5, 0.6) is 0 Å². The molecule has 0 aromatic heterocycles. The second kappa shape index (κ2) is 3.53. The van der Waals surface area contributed by atoms with Gasteiger partial charge in [-0.1, -0.05) is 49.8 Å². The highest BCUT2D eigenvalue weighted by atomic mass is 14.3. The molecule has 0 aromatic rings. The molecule has 0 radical (unpaired) electrons. The van der Waals surface area contributed by atoms with Gasteiger partial charge in [0, 0.05) is 5.92 Å². The van der Waals surface area contributed by atoms with Gasteiger partial charge in [0.1, 0.15) is 0 Å². The van der Waals surface area contributed by atoms with Crippen LogP contribution in [-0.2, 0) is 0 Å². The van der Waals surface area contributed by atoms with Gasteiger partial charge in [0.15, 0.2) is 0 Å². The van der Waals surface area contributed by atoms with Gasteiger partial charge in [-0.15, -0.1) is 0 Å². The lowest BCUT2D eigenvalue weighted by Gasteiger charge is -2.29. The number of rotatable bonds is 1. The smallest absolute Gasteiger partial charge is 0.00155 e. The number of allylic oxidation sites excluding steroid dienone is 6. The molecule has 2 atom stereocenters. The van der Waals surface area contributed by atoms with Crippen molar-refractivity contribution < 1.29 is 0 Å². The summed E-state index contributed by atoms with van der Waals surface area (Å²) in [5, 5.41) is 0. The van der Waals surface area contributed by atoms with Crippen LogP contribution < -0.4 is 0 Å². The topological polar surface area (TPSA) is 0 Å². The molecule has 2 rings (SSSR count). The van der Waals surface area contributed by atoms with E-state index in [0.29, 0.717) is 5.92 Å². The summed E-state index contributed by atoms with van der Waals surface area (Å²) in [6, 6.07) is 0. The van der Waals surface area contributed by atoms with E-state index in [4.69, 9.17) is 0 Å². The molecule has 0 aromatic carbocycles. The predicted molar refractivity (Wildman–Crippen MR) is 57.4 cm³/mol. The Labute approximate surface area is 81.0 Å². The van der Waals surface area contributed by atoms with Gasteiger partial charge in [0.2, 0.25) is 0 Å². The molecule has 0 aliphatic heterocycles. The van der Waals surface area contributed by atoms with Gasteiger partial charge < -0.3 is 0 Å². The molecule has 70 valence electrons. The van der Waals surface area contributed by atoms with E-state index >= 15 is 0 Å². The van der Waals surface area contributed by atoms with Gasteiger partial charge in [-0.05, 0) is 24.7 Å². The Morgan fingerprint density at radius 1 is 1.23 bits per heavy atom. The number of fused-ring (bicyclic) bond motifs is 1. The first-order valence-electron chi connectivity index (χ1n) is 5.33. The predicted octanol–water partition coefficient (Wildman–Crippen LogP) is 3.72. The molecule has 0 nitrogen and oxygen atoms in total. The molecule has 0 fully saturated rings. The fraction of sp³-hybridized carbons (Fsp3) is 0.538. The maximum atomic E-state index is 2.48. The molecule has 0 heterocycles. The van der Waals surface area contributed by atoms with Crippen molar-refractivity contribution in [2.75, 3.05) is 0 Å². The number of hydrogen-bond acceptors (Lipinski definition) is 0. The van der Waals surface area contributed by atoms with E-state index < -0.39 is 0 Å². The van der Waals surface area contributed by atoms with Gasteiger partial charge in [-0.3, -0.25) is 0 Å². The van der Waals surface area contributed by atoms with E-state index in [1.807, 2.05) is 0 Å². The summed E-state index contributed by atoms with van der Waals surface area (Å²) in [7, 11) is 0. The van der Waals surface area contributed by atoms with Crippen LogP contribution in [0.15, 0.2) is 36.0 Å². The van der Waals surface area contributed by atoms with Crippen molar-refractivity contribution in [1.29, 1.82) is 0 Å². The van der Waals surface area contributed by atoms with Crippen molar-refractivity contribution in [2.45, 2.75) is 26.7 Å². The molecule has 0 N–H and O–H groups in total. The van der Waals surface area contributed by atoms with Gasteiger partial charge in [-0.2, -0.15) is 0 Å². The largest absolute Gasteiger partial charge is 0.0805 e. The van der Waals surface area contributed by atoms with Crippen LogP contribution >= 0.6 is 0 Å².